The number of carbonyl (C=O) groups is 1. The Kier molecular flexibility index (Phi) is 5.40. The maximum atomic E-state index is 12.3. The highest BCUT2D eigenvalue weighted by Gasteiger charge is 2.34. The van der Waals surface area contributed by atoms with E-state index in [9.17, 15) is 14.9 Å². The molecule has 1 aliphatic heterocycles. The molecule has 0 bridgehead atoms. The van der Waals surface area contributed by atoms with E-state index in [0.717, 1.165) is 30.6 Å². The van der Waals surface area contributed by atoms with Gasteiger partial charge in [-0.3, -0.25) is 14.9 Å². The van der Waals surface area contributed by atoms with Crippen molar-refractivity contribution in [3.05, 3.63) is 34.4 Å². The number of benzene rings is 1. The molecule has 1 heterocycles. The fourth-order valence-electron chi connectivity index (χ4n) is 3.09. The molecule has 1 aliphatic carbocycles. The molecular formula is C17H23N3O3S. The van der Waals surface area contributed by atoms with E-state index in [4.69, 9.17) is 0 Å². The van der Waals surface area contributed by atoms with Crippen LogP contribution in [0.5, 0.6) is 0 Å². The van der Waals surface area contributed by atoms with Crippen LogP contribution in [-0.2, 0) is 4.79 Å². The first-order valence-electron chi connectivity index (χ1n) is 8.46. The number of non-ortho nitro benzene ring substituents is 1. The van der Waals surface area contributed by atoms with E-state index in [1.165, 1.54) is 43.2 Å². The number of nitro groups is 1. The zero-order chi connectivity index (χ0) is 17.1. The second-order valence-electron chi connectivity index (χ2n) is 6.64. The summed E-state index contributed by atoms with van der Waals surface area (Å²) in [5.41, 5.74) is 0.0675. The highest BCUT2D eigenvalue weighted by atomic mass is 32.2. The van der Waals surface area contributed by atoms with Gasteiger partial charge in [0.15, 0.2) is 0 Å². The summed E-state index contributed by atoms with van der Waals surface area (Å²) in [4.78, 5) is 25.9. The van der Waals surface area contributed by atoms with Gasteiger partial charge in [-0.25, -0.2) is 0 Å². The molecule has 1 saturated heterocycles. The summed E-state index contributed by atoms with van der Waals surface area (Å²) in [6.07, 6.45) is 3.84. The van der Waals surface area contributed by atoms with Gasteiger partial charge in [-0.15, -0.1) is 11.8 Å². The minimum atomic E-state index is -0.420. The number of rotatable bonds is 7. The maximum Gasteiger partial charge on any atom is 0.269 e. The minimum Gasteiger partial charge on any atom is -0.355 e. The lowest BCUT2D eigenvalue weighted by molar-refractivity contribution is -0.384. The number of amides is 1. The van der Waals surface area contributed by atoms with E-state index in [0.29, 0.717) is 5.92 Å². The Morgan fingerprint density at radius 1 is 1.38 bits per heavy atom. The van der Waals surface area contributed by atoms with Crippen LogP contribution in [0.25, 0.3) is 0 Å². The Bertz CT molecular complexity index is 604. The molecule has 0 spiro atoms. The summed E-state index contributed by atoms with van der Waals surface area (Å²) in [6, 6.07) is 7.13. The van der Waals surface area contributed by atoms with Crippen LogP contribution in [-0.4, -0.2) is 46.7 Å². The lowest BCUT2D eigenvalue weighted by Gasteiger charge is -2.16. The molecule has 1 aromatic rings. The highest BCUT2D eigenvalue weighted by Crippen LogP contribution is 2.31. The average molecular weight is 349 g/mol. The topological polar surface area (TPSA) is 75.5 Å². The molecule has 1 N–H and O–H groups in total. The zero-order valence-corrected chi connectivity index (χ0v) is 14.6. The largest absolute Gasteiger partial charge is 0.355 e. The quantitative estimate of drug-likeness (QED) is 0.465. The third-order valence-corrected chi connectivity index (χ3v) is 5.79. The third kappa shape index (κ3) is 4.48. The number of hydrogen-bond donors (Lipinski definition) is 1. The second kappa shape index (κ2) is 7.53. The van der Waals surface area contributed by atoms with Crippen LogP contribution in [0.15, 0.2) is 29.2 Å². The third-order valence-electron chi connectivity index (χ3n) is 4.68. The van der Waals surface area contributed by atoms with E-state index in [2.05, 4.69) is 10.2 Å². The molecule has 0 aromatic heterocycles. The molecular weight excluding hydrogens is 326 g/mol. The summed E-state index contributed by atoms with van der Waals surface area (Å²) < 4.78 is 0. The Morgan fingerprint density at radius 2 is 2.08 bits per heavy atom. The Balaban J connectivity index is 1.42. The van der Waals surface area contributed by atoms with Crippen molar-refractivity contribution in [2.24, 2.45) is 5.92 Å². The summed E-state index contributed by atoms with van der Waals surface area (Å²) in [5, 5.41) is 13.5. The SMILES string of the molecule is CC(Sc1ccc([N+](=O)[O-])cc1)C(=O)NCC1CCN(C2CC2)C1. The monoisotopic (exact) mass is 349 g/mol. The summed E-state index contributed by atoms with van der Waals surface area (Å²) in [7, 11) is 0. The molecule has 24 heavy (non-hydrogen) atoms. The van der Waals surface area contributed by atoms with E-state index in [1.807, 2.05) is 6.92 Å². The van der Waals surface area contributed by atoms with E-state index < -0.39 is 4.92 Å². The fourth-order valence-corrected chi connectivity index (χ4v) is 3.99. The van der Waals surface area contributed by atoms with Gasteiger partial charge >= 0.3 is 0 Å². The molecule has 2 fully saturated rings. The molecule has 1 saturated carbocycles. The summed E-state index contributed by atoms with van der Waals surface area (Å²) >= 11 is 1.42. The Hall–Kier alpha value is -1.60. The van der Waals surface area contributed by atoms with Crippen molar-refractivity contribution in [1.29, 1.82) is 0 Å². The molecule has 1 amide bonds. The molecule has 130 valence electrons. The van der Waals surface area contributed by atoms with Crippen LogP contribution < -0.4 is 5.32 Å². The number of thioether (sulfide) groups is 1. The first kappa shape index (κ1) is 17.2. The Morgan fingerprint density at radius 3 is 2.71 bits per heavy atom. The average Bonchev–Trinajstić information content (AvgIpc) is 3.31. The molecule has 0 radical (unpaired) electrons. The zero-order valence-electron chi connectivity index (χ0n) is 13.8. The summed E-state index contributed by atoms with van der Waals surface area (Å²) in [6.45, 7) is 4.88. The van der Waals surface area contributed by atoms with Gasteiger partial charge in [0.2, 0.25) is 5.91 Å². The number of nitrogens with zero attached hydrogens (tertiary/aromatic N) is 2. The molecule has 2 aliphatic rings. The standard InChI is InChI=1S/C17H23N3O3S/c1-12(24-16-6-4-15(5-7-16)20(22)23)17(21)18-10-13-8-9-19(11-13)14-2-3-14/h4-7,12-14H,2-3,8-11H2,1H3,(H,18,21). The van der Waals surface area contributed by atoms with Gasteiger partial charge in [0.05, 0.1) is 10.2 Å². The second-order valence-corrected chi connectivity index (χ2v) is 8.05. The molecule has 1 aromatic carbocycles. The lowest BCUT2D eigenvalue weighted by atomic mass is 10.1. The molecule has 2 atom stereocenters. The predicted molar refractivity (Wildman–Crippen MR) is 94.1 cm³/mol. The molecule has 2 unspecified atom stereocenters. The van der Waals surface area contributed by atoms with Crippen molar-refractivity contribution >= 4 is 23.4 Å². The van der Waals surface area contributed by atoms with Crippen molar-refractivity contribution in [2.75, 3.05) is 19.6 Å². The first-order valence-corrected chi connectivity index (χ1v) is 9.34. The van der Waals surface area contributed by atoms with E-state index in [-0.39, 0.29) is 16.8 Å². The van der Waals surface area contributed by atoms with Gasteiger partial charge in [0.25, 0.3) is 5.69 Å². The van der Waals surface area contributed by atoms with Gasteiger partial charge in [0, 0.05) is 36.2 Å². The van der Waals surface area contributed by atoms with Crippen LogP contribution in [0.2, 0.25) is 0 Å². The lowest BCUT2D eigenvalue weighted by Crippen LogP contribution is -2.35. The van der Waals surface area contributed by atoms with Crippen LogP contribution in [0.3, 0.4) is 0 Å². The van der Waals surface area contributed by atoms with Gasteiger partial charge < -0.3 is 10.2 Å². The normalized spacial score (nSPS) is 22.3. The van der Waals surface area contributed by atoms with Crippen LogP contribution in [0.4, 0.5) is 5.69 Å². The smallest absolute Gasteiger partial charge is 0.269 e. The maximum absolute atomic E-state index is 12.3. The number of nitro benzene ring substituents is 1. The minimum absolute atomic E-state index is 0.0308. The van der Waals surface area contributed by atoms with Crippen molar-refractivity contribution in [2.45, 2.75) is 42.4 Å². The van der Waals surface area contributed by atoms with E-state index >= 15 is 0 Å². The van der Waals surface area contributed by atoms with Crippen molar-refractivity contribution in [1.82, 2.24) is 10.2 Å². The van der Waals surface area contributed by atoms with Gasteiger partial charge in [-0.1, -0.05) is 0 Å². The van der Waals surface area contributed by atoms with Gasteiger partial charge in [-0.2, -0.15) is 0 Å². The first-order chi connectivity index (χ1) is 11.5. The highest BCUT2D eigenvalue weighted by molar-refractivity contribution is 8.00. The van der Waals surface area contributed by atoms with Crippen molar-refractivity contribution in [3.63, 3.8) is 0 Å². The molecule has 3 rings (SSSR count). The van der Waals surface area contributed by atoms with Crippen LogP contribution in [0.1, 0.15) is 26.2 Å². The Labute approximate surface area is 146 Å². The predicted octanol–water partition coefficient (Wildman–Crippen LogP) is 2.68. The van der Waals surface area contributed by atoms with Crippen LogP contribution >= 0.6 is 11.8 Å². The molecule has 6 nitrogen and oxygen atoms in total. The van der Waals surface area contributed by atoms with E-state index in [1.54, 1.807) is 12.1 Å². The van der Waals surface area contributed by atoms with Crippen molar-refractivity contribution < 1.29 is 9.72 Å². The van der Waals surface area contributed by atoms with Crippen molar-refractivity contribution in [3.8, 4) is 0 Å². The fraction of sp³-hybridized carbons (Fsp3) is 0.588. The number of nitrogens with one attached hydrogen (secondary N) is 1. The van der Waals surface area contributed by atoms with Gasteiger partial charge in [0.1, 0.15) is 0 Å². The number of carbonyl (C=O) groups excluding carboxylic acids is 1. The summed E-state index contributed by atoms with van der Waals surface area (Å²) in [5.74, 6) is 0.592. The molecule has 7 heteroatoms. The van der Waals surface area contributed by atoms with Gasteiger partial charge in [-0.05, 0) is 50.8 Å². The number of hydrogen-bond acceptors (Lipinski definition) is 5. The van der Waals surface area contributed by atoms with Crippen LogP contribution in [0, 0.1) is 16.0 Å². The number of likely N-dealkylation sites (tertiary alicyclic amines) is 1.